The number of carbonyl (C=O) groups excluding carboxylic acids is 1. The number of nitrogens with one attached hydrogen (secondary N) is 2. The van der Waals surface area contributed by atoms with Crippen molar-refractivity contribution >= 4 is 11.7 Å². The number of anilines is 1. The molecule has 1 aliphatic heterocycles. The smallest absolute Gasteiger partial charge is 0.226 e. The Morgan fingerprint density at radius 2 is 2.00 bits per heavy atom. The summed E-state index contributed by atoms with van der Waals surface area (Å²) in [6.45, 7) is 5.75. The third-order valence-corrected chi connectivity index (χ3v) is 5.20. The van der Waals surface area contributed by atoms with E-state index in [1.807, 2.05) is 32.0 Å². The van der Waals surface area contributed by atoms with Crippen LogP contribution in [0.5, 0.6) is 0 Å². The molecule has 1 aromatic carbocycles. The zero-order valence-electron chi connectivity index (χ0n) is 16.1. The summed E-state index contributed by atoms with van der Waals surface area (Å²) in [5.41, 5.74) is 5.13. The summed E-state index contributed by atoms with van der Waals surface area (Å²) >= 11 is 0. The number of aromatic amines is 1. The molecule has 0 unspecified atom stereocenters. The van der Waals surface area contributed by atoms with Crippen molar-refractivity contribution in [2.24, 2.45) is 5.92 Å². The van der Waals surface area contributed by atoms with Gasteiger partial charge in [0.15, 0.2) is 0 Å². The van der Waals surface area contributed by atoms with Gasteiger partial charge in [-0.2, -0.15) is 5.10 Å². The van der Waals surface area contributed by atoms with E-state index < -0.39 is 0 Å². The summed E-state index contributed by atoms with van der Waals surface area (Å²) in [6.07, 6.45) is 4.32. The van der Waals surface area contributed by atoms with Crippen LogP contribution in [-0.2, 0) is 17.8 Å². The molecular formula is C21H24N6O. The van der Waals surface area contributed by atoms with E-state index >= 15 is 0 Å². The van der Waals surface area contributed by atoms with Gasteiger partial charge in [0.05, 0.1) is 23.5 Å². The fourth-order valence-corrected chi connectivity index (χ4v) is 3.42. The molecule has 1 fully saturated rings. The monoisotopic (exact) mass is 376 g/mol. The van der Waals surface area contributed by atoms with E-state index in [0.29, 0.717) is 19.6 Å². The van der Waals surface area contributed by atoms with E-state index in [2.05, 4.69) is 37.5 Å². The molecule has 0 bridgehead atoms. The lowest BCUT2D eigenvalue weighted by molar-refractivity contribution is -0.125. The van der Waals surface area contributed by atoms with Crippen molar-refractivity contribution in [3.63, 3.8) is 0 Å². The van der Waals surface area contributed by atoms with Crippen LogP contribution in [0.4, 0.5) is 5.82 Å². The molecule has 144 valence electrons. The standard InChI is InChI=1S/C21H24N6O/c1-14-19(15(2)26-25-14)10-23-21(28)17-12-27(13-17)20-11-22-9-18(24-20)8-16-6-4-3-5-7-16/h3-7,9,11,17H,8,10,12-13H2,1-2H3,(H,23,28)(H,25,26). The van der Waals surface area contributed by atoms with Crippen LogP contribution in [0.15, 0.2) is 42.7 Å². The van der Waals surface area contributed by atoms with Crippen molar-refractivity contribution in [2.45, 2.75) is 26.8 Å². The molecule has 1 aliphatic rings. The zero-order valence-corrected chi connectivity index (χ0v) is 16.1. The molecule has 2 N–H and O–H groups in total. The molecule has 0 spiro atoms. The van der Waals surface area contributed by atoms with Gasteiger partial charge in [0.2, 0.25) is 5.91 Å². The molecule has 1 saturated heterocycles. The van der Waals surface area contributed by atoms with Crippen LogP contribution in [0.2, 0.25) is 0 Å². The Hall–Kier alpha value is -3.22. The Balaban J connectivity index is 1.31. The molecule has 3 heterocycles. The number of hydrogen-bond donors (Lipinski definition) is 2. The Labute approximate surface area is 164 Å². The summed E-state index contributed by atoms with van der Waals surface area (Å²) in [5, 5.41) is 10.1. The molecule has 7 heteroatoms. The SMILES string of the molecule is Cc1n[nH]c(C)c1CNC(=O)C1CN(c2cncc(Cc3ccccc3)n2)C1. The number of carbonyl (C=O) groups is 1. The normalized spacial score (nSPS) is 14.0. The number of aromatic nitrogens is 4. The maximum absolute atomic E-state index is 12.4. The molecule has 0 atom stereocenters. The van der Waals surface area contributed by atoms with Crippen LogP contribution >= 0.6 is 0 Å². The summed E-state index contributed by atoms with van der Waals surface area (Å²) in [4.78, 5) is 23.6. The fourth-order valence-electron chi connectivity index (χ4n) is 3.42. The third kappa shape index (κ3) is 3.88. The van der Waals surface area contributed by atoms with E-state index in [1.54, 1.807) is 12.4 Å². The first-order valence-corrected chi connectivity index (χ1v) is 9.48. The topological polar surface area (TPSA) is 86.8 Å². The Morgan fingerprint density at radius 3 is 2.71 bits per heavy atom. The number of H-pyrrole nitrogens is 1. The molecule has 2 aromatic heterocycles. The molecular weight excluding hydrogens is 352 g/mol. The number of aryl methyl sites for hydroxylation is 2. The van der Waals surface area contributed by atoms with E-state index in [1.165, 1.54) is 5.56 Å². The van der Waals surface area contributed by atoms with Crippen molar-refractivity contribution in [3.05, 3.63) is 70.9 Å². The highest BCUT2D eigenvalue weighted by Crippen LogP contribution is 2.23. The maximum Gasteiger partial charge on any atom is 0.226 e. The average molecular weight is 376 g/mol. The summed E-state index contributed by atoms with van der Waals surface area (Å²) < 4.78 is 0. The van der Waals surface area contributed by atoms with Crippen LogP contribution < -0.4 is 10.2 Å². The summed E-state index contributed by atoms with van der Waals surface area (Å²) in [6, 6.07) is 10.2. The first-order valence-electron chi connectivity index (χ1n) is 9.48. The fraction of sp³-hybridized carbons (Fsp3) is 0.333. The second-order valence-electron chi connectivity index (χ2n) is 7.26. The second-order valence-corrected chi connectivity index (χ2v) is 7.26. The molecule has 4 rings (SSSR count). The van der Waals surface area contributed by atoms with Gasteiger partial charge in [0, 0.05) is 43.5 Å². The van der Waals surface area contributed by atoms with Crippen molar-refractivity contribution in [3.8, 4) is 0 Å². The van der Waals surface area contributed by atoms with Crippen LogP contribution in [0.3, 0.4) is 0 Å². The summed E-state index contributed by atoms with van der Waals surface area (Å²) in [7, 11) is 0. The number of amides is 1. The molecule has 3 aromatic rings. The second kappa shape index (κ2) is 7.80. The predicted molar refractivity (Wildman–Crippen MR) is 107 cm³/mol. The number of hydrogen-bond acceptors (Lipinski definition) is 5. The molecule has 0 aliphatic carbocycles. The third-order valence-electron chi connectivity index (χ3n) is 5.20. The van der Waals surface area contributed by atoms with Crippen LogP contribution in [-0.4, -0.2) is 39.2 Å². The van der Waals surface area contributed by atoms with Crippen molar-refractivity contribution in [2.75, 3.05) is 18.0 Å². The zero-order chi connectivity index (χ0) is 19.5. The highest BCUT2D eigenvalue weighted by molar-refractivity contribution is 5.81. The minimum atomic E-state index is -0.0212. The van der Waals surface area contributed by atoms with Crippen LogP contribution in [0.25, 0.3) is 0 Å². The quantitative estimate of drug-likeness (QED) is 0.688. The van der Waals surface area contributed by atoms with Gasteiger partial charge < -0.3 is 10.2 Å². The first kappa shape index (κ1) is 18.2. The summed E-state index contributed by atoms with van der Waals surface area (Å²) in [5.74, 6) is 0.885. The number of nitrogens with zero attached hydrogens (tertiary/aromatic N) is 4. The largest absolute Gasteiger partial charge is 0.354 e. The lowest BCUT2D eigenvalue weighted by atomic mass is 9.99. The molecule has 7 nitrogen and oxygen atoms in total. The van der Waals surface area contributed by atoms with Gasteiger partial charge in [0.1, 0.15) is 5.82 Å². The Kier molecular flexibility index (Phi) is 5.06. The minimum Gasteiger partial charge on any atom is -0.354 e. The number of rotatable bonds is 6. The van der Waals surface area contributed by atoms with Gasteiger partial charge in [0.25, 0.3) is 0 Å². The van der Waals surface area contributed by atoms with Crippen molar-refractivity contribution < 1.29 is 4.79 Å². The van der Waals surface area contributed by atoms with Crippen molar-refractivity contribution in [1.29, 1.82) is 0 Å². The van der Waals surface area contributed by atoms with Gasteiger partial charge in [-0.15, -0.1) is 0 Å². The maximum atomic E-state index is 12.4. The van der Waals surface area contributed by atoms with E-state index in [0.717, 1.165) is 34.9 Å². The lowest BCUT2D eigenvalue weighted by Gasteiger charge is -2.39. The van der Waals surface area contributed by atoms with Gasteiger partial charge in [-0.3, -0.25) is 14.9 Å². The molecule has 0 saturated carbocycles. The molecule has 0 radical (unpaired) electrons. The Bertz CT molecular complexity index is 943. The molecule has 28 heavy (non-hydrogen) atoms. The van der Waals surface area contributed by atoms with Gasteiger partial charge in [-0.25, -0.2) is 4.98 Å². The van der Waals surface area contributed by atoms with E-state index in [9.17, 15) is 4.79 Å². The average Bonchev–Trinajstić information content (AvgIpc) is 2.98. The van der Waals surface area contributed by atoms with E-state index in [4.69, 9.17) is 4.98 Å². The van der Waals surface area contributed by atoms with Crippen LogP contribution in [0, 0.1) is 19.8 Å². The predicted octanol–water partition coefficient (Wildman–Crippen LogP) is 2.16. The molecule has 1 amide bonds. The van der Waals surface area contributed by atoms with Gasteiger partial charge >= 0.3 is 0 Å². The van der Waals surface area contributed by atoms with Gasteiger partial charge in [-0.05, 0) is 19.4 Å². The van der Waals surface area contributed by atoms with Gasteiger partial charge in [-0.1, -0.05) is 30.3 Å². The highest BCUT2D eigenvalue weighted by atomic mass is 16.2. The highest BCUT2D eigenvalue weighted by Gasteiger charge is 2.33. The minimum absolute atomic E-state index is 0.0212. The lowest BCUT2D eigenvalue weighted by Crippen LogP contribution is -2.54. The number of benzene rings is 1. The van der Waals surface area contributed by atoms with E-state index in [-0.39, 0.29) is 11.8 Å². The van der Waals surface area contributed by atoms with Crippen LogP contribution in [0.1, 0.15) is 28.2 Å². The first-order chi connectivity index (χ1) is 13.6. The Morgan fingerprint density at radius 1 is 1.21 bits per heavy atom. The van der Waals surface area contributed by atoms with Crippen molar-refractivity contribution in [1.82, 2.24) is 25.5 Å².